The summed E-state index contributed by atoms with van der Waals surface area (Å²) in [5.74, 6) is 0.577. The van der Waals surface area contributed by atoms with Gasteiger partial charge in [-0.3, -0.25) is 0 Å². The Morgan fingerprint density at radius 3 is 3.06 bits per heavy atom. The maximum Gasteiger partial charge on any atom is 0.157 e. The van der Waals surface area contributed by atoms with E-state index in [1.807, 2.05) is 0 Å². The summed E-state index contributed by atoms with van der Waals surface area (Å²) in [6, 6.07) is 0. The van der Waals surface area contributed by atoms with Gasteiger partial charge in [-0.25, -0.2) is 9.97 Å². The molecule has 1 fully saturated rings. The van der Waals surface area contributed by atoms with Gasteiger partial charge in [0.25, 0.3) is 0 Å². The van der Waals surface area contributed by atoms with Crippen molar-refractivity contribution in [2.75, 3.05) is 24.3 Å². The van der Waals surface area contributed by atoms with Crippen molar-refractivity contribution in [2.24, 2.45) is 0 Å². The Bertz CT molecular complexity index is 379. The van der Waals surface area contributed by atoms with Crippen LogP contribution in [0.15, 0.2) is 6.33 Å². The van der Waals surface area contributed by atoms with Crippen LogP contribution in [0.4, 0.5) is 11.5 Å². The van der Waals surface area contributed by atoms with Crippen LogP contribution < -0.4 is 11.1 Å². The number of nitrogen functional groups attached to an aromatic ring is 1. The van der Waals surface area contributed by atoms with E-state index in [2.05, 4.69) is 22.2 Å². The molecule has 1 saturated heterocycles. The number of halogens is 1. The zero-order valence-electron chi connectivity index (χ0n) is 9.16. The Morgan fingerprint density at radius 2 is 2.38 bits per heavy atom. The molecule has 1 aromatic heterocycles. The summed E-state index contributed by atoms with van der Waals surface area (Å²) >= 11 is 5.83. The van der Waals surface area contributed by atoms with Gasteiger partial charge in [0, 0.05) is 6.61 Å². The van der Waals surface area contributed by atoms with Crippen LogP contribution in [0.1, 0.15) is 19.8 Å². The van der Waals surface area contributed by atoms with Crippen molar-refractivity contribution in [2.45, 2.75) is 25.3 Å². The summed E-state index contributed by atoms with van der Waals surface area (Å²) in [6.07, 6.45) is 3.45. The summed E-state index contributed by atoms with van der Waals surface area (Å²) in [6.45, 7) is 3.55. The average molecular weight is 243 g/mol. The normalized spacial score (nSPS) is 25.4. The van der Waals surface area contributed by atoms with Crippen LogP contribution >= 0.6 is 11.6 Å². The van der Waals surface area contributed by atoms with E-state index < -0.39 is 0 Å². The molecule has 1 aliphatic rings. The Morgan fingerprint density at radius 1 is 1.56 bits per heavy atom. The van der Waals surface area contributed by atoms with Crippen LogP contribution in [0.25, 0.3) is 0 Å². The van der Waals surface area contributed by atoms with E-state index in [4.69, 9.17) is 22.1 Å². The van der Waals surface area contributed by atoms with Crippen molar-refractivity contribution in [3.05, 3.63) is 11.5 Å². The number of ether oxygens (including phenoxy) is 1. The number of hydrogen-bond acceptors (Lipinski definition) is 5. The van der Waals surface area contributed by atoms with E-state index in [1.54, 1.807) is 0 Å². The molecule has 88 valence electrons. The Labute approximate surface area is 99.4 Å². The van der Waals surface area contributed by atoms with Gasteiger partial charge in [-0.15, -0.1) is 0 Å². The zero-order valence-corrected chi connectivity index (χ0v) is 9.92. The van der Waals surface area contributed by atoms with Crippen molar-refractivity contribution in [3.8, 4) is 0 Å². The molecule has 0 aliphatic carbocycles. The molecule has 0 amide bonds. The SMILES string of the molecule is CC1(Nc2ncnc(Cl)c2N)CCCOC1. The number of nitrogens with two attached hydrogens (primary N) is 1. The molecule has 0 aromatic carbocycles. The molecule has 5 nitrogen and oxygen atoms in total. The Balaban J connectivity index is 2.16. The molecule has 1 aromatic rings. The quantitative estimate of drug-likeness (QED) is 0.773. The summed E-state index contributed by atoms with van der Waals surface area (Å²) in [4.78, 5) is 7.90. The number of nitrogens with one attached hydrogen (secondary N) is 1. The van der Waals surface area contributed by atoms with E-state index in [0.717, 1.165) is 19.4 Å². The minimum Gasteiger partial charge on any atom is -0.393 e. The van der Waals surface area contributed by atoms with Crippen LogP contribution in [0.3, 0.4) is 0 Å². The fraction of sp³-hybridized carbons (Fsp3) is 0.600. The minimum absolute atomic E-state index is 0.135. The first-order valence-electron chi connectivity index (χ1n) is 5.23. The number of rotatable bonds is 2. The smallest absolute Gasteiger partial charge is 0.157 e. The average Bonchev–Trinajstić information content (AvgIpc) is 2.26. The molecule has 1 unspecified atom stereocenters. The van der Waals surface area contributed by atoms with E-state index in [1.165, 1.54) is 6.33 Å². The molecule has 2 rings (SSSR count). The fourth-order valence-corrected chi connectivity index (χ4v) is 1.93. The van der Waals surface area contributed by atoms with Gasteiger partial charge in [0.2, 0.25) is 0 Å². The summed E-state index contributed by atoms with van der Waals surface area (Å²) in [5, 5.41) is 3.56. The molecule has 3 N–H and O–H groups in total. The molecular weight excluding hydrogens is 228 g/mol. The van der Waals surface area contributed by atoms with E-state index in [-0.39, 0.29) is 10.7 Å². The first-order valence-corrected chi connectivity index (χ1v) is 5.60. The van der Waals surface area contributed by atoms with Crippen LogP contribution in [0, 0.1) is 0 Å². The monoisotopic (exact) mass is 242 g/mol. The lowest BCUT2D eigenvalue weighted by Gasteiger charge is -2.35. The van der Waals surface area contributed by atoms with Crippen LogP contribution in [-0.2, 0) is 4.74 Å². The van der Waals surface area contributed by atoms with Crippen LogP contribution in [0.5, 0.6) is 0 Å². The Hall–Kier alpha value is -1.07. The largest absolute Gasteiger partial charge is 0.393 e. The molecule has 0 saturated carbocycles. The highest BCUT2D eigenvalue weighted by atomic mass is 35.5. The minimum atomic E-state index is -0.135. The maximum absolute atomic E-state index is 5.83. The lowest BCUT2D eigenvalue weighted by atomic mass is 9.95. The van der Waals surface area contributed by atoms with Crippen molar-refractivity contribution in [1.29, 1.82) is 0 Å². The first kappa shape index (κ1) is 11.4. The lowest BCUT2D eigenvalue weighted by Crippen LogP contribution is -2.43. The molecule has 0 spiro atoms. The highest BCUT2D eigenvalue weighted by Gasteiger charge is 2.28. The highest BCUT2D eigenvalue weighted by molar-refractivity contribution is 6.32. The predicted molar refractivity (Wildman–Crippen MR) is 63.5 cm³/mol. The third-order valence-electron chi connectivity index (χ3n) is 2.69. The van der Waals surface area contributed by atoms with Gasteiger partial charge in [0.15, 0.2) is 11.0 Å². The summed E-state index contributed by atoms with van der Waals surface area (Å²) in [7, 11) is 0. The van der Waals surface area contributed by atoms with Crippen molar-refractivity contribution in [1.82, 2.24) is 9.97 Å². The topological polar surface area (TPSA) is 73.1 Å². The maximum atomic E-state index is 5.83. The van der Waals surface area contributed by atoms with Crippen molar-refractivity contribution >= 4 is 23.1 Å². The third kappa shape index (κ3) is 2.36. The van der Waals surface area contributed by atoms with Gasteiger partial charge in [-0.05, 0) is 19.8 Å². The molecule has 2 heterocycles. The second kappa shape index (κ2) is 4.43. The molecule has 6 heteroatoms. The predicted octanol–water partition coefficient (Wildman–Crippen LogP) is 1.69. The van der Waals surface area contributed by atoms with Crippen LogP contribution in [-0.4, -0.2) is 28.7 Å². The van der Waals surface area contributed by atoms with Gasteiger partial charge in [-0.1, -0.05) is 11.6 Å². The molecule has 0 bridgehead atoms. The number of aromatic nitrogens is 2. The van der Waals surface area contributed by atoms with E-state index in [0.29, 0.717) is 18.1 Å². The fourth-order valence-electron chi connectivity index (χ4n) is 1.79. The van der Waals surface area contributed by atoms with Gasteiger partial charge < -0.3 is 15.8 Å². The van der Waals surface area contributed by atoms with Gasteiger partial charge in [-0.2, -0.15) is 0 Å². The molecular formula is C10H15ClN4O. The van der Waals surface area contributed by atoms with Gasteiger partial charge >= 0.3 is 0 Å². The van der Waals surface area contributed by atoms with Crippen molar-refractivity contribution in [3.63, 3.8) is 0 Å². The number of nitrogens with zero attached hydrogens (tertiary/aromatic N) is 2. The summed E-state index contributed by atoms with van der Waals surface area (Å²) < 4.78 is 5.45. The molecule has 1 aliphatic heterocycles. The zero-order chi connectivity index (χ0) is 11.6. The number of hydrogen-bond donors (Lipinski definition) is 2. The molecule has 16 heavy (non-hydrogen) atoms. The standard InChI is InChI=1S/C10H15ClN4O/c1-10(3-2-4-16-5-10)15-9-7(12)8(11)13-6-14-9/h6H,2-5,12H2,1H3,(H,13,14,15). The second-order valence-electron chi connectivity index (χ2n) is 4.27. The van der Waals surface area contributed by atoms with E-state index >= 15 is 0 Å². The highest BCUT2D eigenvalue weighted by Crippen LogP contribution is 2.28. The lowest BCUT2D eigenvalue weighted by molar-refractivity contribution is 0.0539. The molecule has 0 radical (unpaired) electrons. The van der Waals surface area contributed by atoms with Crippen molar-refractivity contribution < 1.29 is 4.74 Å². The van der Waals surface area contributed by atoms with E-state index in [9.17, 15) is 0 Å². The molecule has 1 atom stereocenters. The Kier molecular flexibility index (Phi) is 3.16. The van der Waals surface area contributed by atoms with Gasteiger partial charge in [0.1, 0.15) is 12.0 Å². The van der Waals surface area contributed by atoms with Crippen LogP contribution in [0.2, 0.25) is 5.15 Å². The third-order valence-corrected chi connectivity index (χ3v) is 2.99. The second-order valence-corrected chi connectivity index (χ2v) is 4.63. The number of anilines is 2. The first-order chi connectivity index (χ1) is 7.61. The van der Waals surface area contributed by atoms with Gasteiger partial charge in [0.05, 0.1) is 12.1 Å². The summed E-state index contributed by atoms with van der Waals surface area (Å²) in [5.41, 5.74) is 6.05.